The number of carboxylic acid groups (broad SMARTS) is 1. The van der Waals surface area contributed by atoms with Crippen molar-refractivity contribution in [2.45, 2.75) is 13.8 Å². The van der Waals surface area contributed by atoms with Crippen molar-refractivity contribution >= 4 is 17.6 Å². The van der Waals surface area contributed by atoms with Gasteiger partial charge in [-0.2, -0.15) is 0 Å². The predicted octanol–water partition coefficient (Wildman–Crippen LogP) is 3.21. The van der Waals surface area contributed by atoms with E-state index in [1.165, 1.54) is 11.6 Å². The van der Waals surface area contributed by atoms with E-state index in [0.29, 0.717) is 12.4 Å². The molecular weight excluding hydrogens is 228 g/mol. The second kappa shape index (κ2) is 5.56. The number of carboxylic acids is 1. The number of aryl methyl sites for hydroxylation is 1. The molecule has 16 heavy (non-hydrogen) atoms. The fraction of sp³-hybridized carbons (Fsp3) is 0.250. The first-order chi connectivity index (χ1) is 7.54. The molecule has 0 heterocycles. The summed E-state index contributed by atoms with van der Waals surface area (Å²) < 4.78 is 5.46. The van der Waals surface area contributed by atoms with Gasteiger partial charge in [0.2, 0.25) is 0 Å². The lowest BCUT2D eigenvalue weighted by atomic mass is 10.1. The number of carbonyl (C=O) groups is 1. The highest BCUT2D eigenvalue weighted by Gasteiger charge is 2.06. The minimum atomic E-state index is -0.963. The van der Waals surface area contributed by atoms with Gasteiger partial charge in [-0.1, -0.05) is 17.7 Å². The zero-order valence-corrected chi connectivity index (χ0v) is 9.91. The van der Waals surface area contributed by atoms with Crippen LogP contribution in [-0.4, -0.2) is 17.7 Å². The van der Waals surface area contributed by atoms with Crippen LogP contribution < -0.4 is 4.74 Å². The van der Waals surface area contributed by atoms with E-state index in [4.69, 9.17) is 21.4 Å². The second-order valence-electron chi connectivity index (χ2n) is 3.53. The molecule has 1 N–H and O–H groups in total. The molecule has 0 radical (unpaired) electrons. The zero-order chi connectivity index (χ0) is 12.1. The van der Waals surface area contributed by atoms with E-state index in [1.54, 1.807) is 12.1 Å². The van der Waals surface area contributed by atoms with Crippen LogP contribution in [0.15, 0.2) is 29.3 Å². The molecule has 86 valence electrons. The van der Waals surface area contributed by atoms with Gasteiger partial charge in [0.25, 0.3) is 0 Å². The summed E-state index contributed by atoms with van der Waals surface area (Å²) in [5, 5.41) is 8.84. The Morgan fingerprint density at radius 2 is 2.25 bits per heavy atom. The van der Waals surface area contributed by atoms with Crippen molar-refractivity contribution < 1.29 is 14.6 Å². The van der Waals surface area contributed by atoms with Crippen molar-refractivity contribution in [1.29, 1.82) is 0 Å². The summed E-state index contributed by atoms with van der Waals surface area (Å²) >= 11 is 5.50. The number of halogens is 1. The van der Waals surface area contributed by atoms with Gasteiger partial charge in [0, 0.05) is 5.54 Å². The first kappa shape index (κ1) is 12.6. The lowest BCUT2D eigenvalue weighted by Gasteiger charge is -2.09. The molecule has 0 spiro atoms. The van der Waals surface area contributed by atoms with E-state index < -0.39 is 5.97 Å². The van der Waals surface area contributed by atoms with Crippen molar-refractivity contribution in [2.75, 3.05) is 6.61 Å². The maximum absolute atomic E-state index is 10.8. The highest BCUT2D eigenvalue weighted by atomic mass is 35.5. The van der Waals surface area contributed by atoms with Crippen LogP contribution in [0.5, 0.6) is 5.75 Å². The first-order valence-corrected chi connectivity index (χ1v) is 5.21. The standard InChI is InChI=1S/C12H13ClO3/c1-8(6-13)7-16-11-5-10(12(14)15)4-3-9(11)2/h3-6H,7H2,1-2H3,(H,14,15)/b8-6-. The zero-order valence-electron chi connectivity index (χ0n) is 9.16. The molecule has 0 aliphatic rings. The van der Waals surface area contributed by atoms with Gasteiger partial charge in [0.05, 0.1) is 5.56 Å². The van der Waals surface area contributed by atoms with Crippen molar-refractivity contribution in [3.05, 3.63) is 40.4 Å². The molecule has 0 bridgehead atoms. The van der Waals surface area contributed by atoms with E-state index in [2.05, 4.69) is 0 Å². The predicted molar refractivity (Wildman–Crippen MR) is 63.2 cm³/mol. The third-order valence-corrected chi connectivity index (χ3v) is 2.45. The normalized spacial score (nSPS) is 11.3. The van der Waals surface area contributed by atoms with E-state index >= 15 is 0 Å². The molecule has 3 nitrogen and oxygen atoms in total. The Bertz CT molecular complexity index is 424. The summed E-state index contributed by atoms with van der Waals surface area (Å²) in [5.74, 6) is -0.396. The average molecular weight is 241 g/mol. The second-order valence-corrected chi connectivity index (χ2v) is 3.75. The summed E-state index contributed by atoms with van der Waals surface area (Å²) in [6.45, 7) is 4.05. The van der Waals surface area contributed by atoms with Crippen LogP contribution in [0.4, 0.5) is 0 Å². The van der Waals surface area contributed by atoms with Crippen LogP contribution in [0.3, 0.4) is 0 Å². The fourth-order valence-corrected chi connectivity index (χ4v) is 1.17. The van der Waals surface area contributed by atoms with Crippen LogP contribution in [-0.2, 0) is 0 Å². The van der Waals surface area contributed by atoms with Gasteiger partial charge in [-0.3, -0.25) is 0 Å². The number of rotatable bonds is 4. The van der Waals surface area contributed by atoms with Crippen LogP contribution in [0, 0.1) is 6.92 Å². The van der Waals surface area contributed by atoms with Gasteiger partial charge < -0.3 is 9.84 Å². The molecule has 0 unspecified atom stereocenters. The van der Waals surface area contributed by atoms with Crippen LogP contribution in [0.25, 0.3) is 0 Å². The van der Waals surface area contributed by atoms with Crippen molar-refractivity contribution in [2.24, 2.45) is 0 Å². The van der Waals surface area contributed by atoms with Crippen molar-refractivity contribution in [1.82, 2.24) is 0 Å². The van der Waals surface area contributed by atoms with Gasteiger partial charge in [-0.15, -0.1) is 0 Å². The Balaban J connectivity index is 2.86. The van der Waals surface area contributed by atoms with Crippen LogP contribution in [0.1, 0.15) is 22.8 Å². The summed E-state index contributed by atoms with van der Waals surface area (Å²) in [5.41, 5.74) is 3.43. The smallest absolute Gasteiger partial charge is 0.335 e. The van der Waals surface area contributed by atoms with Gasteiger partial charge in [-0.25, -0.2) is 4.79 Å². The number of ether oxygens (including phenoxy) is 1. The highest BCUT2D eigenvalue weighted by Crippen LogP contribution is 2.20. The van der Waals surface area contributed by atoms with Gasteiger partial charge in [0.1, 0.15) is 12.4 Å². The Labute approximate surface area is 99.3 Å². The molecule has 0 atom stereocenters. The number of aromatic carboxylic acids is 1. The summed E-state index contributed by atoms with van der Waals surface area (Å²) in [6, 6.07) is 4.78. The average Bonchev–Trinajstić information content (AvgIpc) is 2.27. The summed E-state index contributed by atoms with van der Waals surface area (Å²) in [6.07, 6.45) is 0. The molecule has 0 aromatic heterocycles. The topological polar surface area (TPSA) is 46.5 Å². The summed E-state index contributed by atoms with van der Waals surface area (Å²) in [7, 11) is 0. The monoisotopic (exact) mass is 240 g/mol. The van der Waals surface area contributed by atoms with E-state index in [9.17, 15) is 4.79 Å². The first-order valence-electron chi connectivity index (χ1n) is 4.77. The molecule has 4 heteroatoms. The Morgan fingerprint density at radius 3 is 2.81 bits per heavy atom. The quantitative estimate of drug-likeness (QED) is 0.879. The highest BCUT2D eigenvalue weighted by molar-refractivity contribution is 6.25. The Kier molecular flexibility index (Phi) is 4.38. The maximum Gasteiger partial charge on any atom is 0.335 e. The lowest BCUT2D eigenvalue weighted by molar-refractivity contribution is 0.0696. The lowest BCUT2D eigenvalue weighted by Crippen LogP contribution is -2.02. The molecule has 1 aromatic rings. The third-order valence-electron chi connectivity index (χ3n) is 2.08. The molecular formula is C12H13ClO3. The molecule has 0 saturated carbocycles. The minimum Gasteiger partial charge on any atom is -0.489 e. The maximum atomic E-state index is 10.8. The molecule has 0 aliphatic carbocycles. The minimum absolute atomic E-state index is 0.216. The molecule has 0 saturated heterocycles. The van der Waals surface area contributed by atoms with Gasteiger partial charge >= 0.3 is 5.97 Å². The molecule has 1 aromatic carbocycles. The molecule has 1 rings (SSSR count). The summed E-state index contributed by atoms with van der Waals surface area (Å²) in [4.78, 5) is 10.8. The van der Waals surface area contributed by atoms with Crippen LogP contribution >= 0.6 is 11.6 Å². The van der Waals surface area contributed by atoms with Gasteiger partial charge in [-0.05, 0) is 37.1 Å². The van der Waals surface area contributed by atoms with Crippen molar-refractivity contribution in [3.8, 4) is 5.75 Å². The number of hydrogen-bond acceptors (Lipinski definition) is 2. The van der Waals surface area contributed by atoms with E-state index in [1.807, 2.05) is 13.8 Å². The molecule has 0 fully saturated rings. The SMILES string of the molecule is C/C(=C/Cl)COc1cc(C(=O)O)ccc1C. The molecule has 0 aliphatic heterocycles. The van der Waals surface area contributed by atoms with E-state index in [-0.39, 0.29) is 5.56 Å². The number of benzene rings is 1. The molecule has 0 amide bonds. The fourth-order valence-electron chi connectivity index (χ4n) is 1.11. The van der Waals surface area contributed by atoms with Crippen LogP contribution in [0.2, 0.25) is 0 Å². The number of hydrogen-bond donors (Lipinski definition) is 1. The van der Waals surface area contributed by atoms with E-state index in [0.717, 1.165) is 11.1 Å². The largest absolute Gasteiger partial charge is 0.489 e. The third kappa shape index (κ3) is 3.28. The van der Waals surface area contributed by atoms with Gasteiger partial charge in [0.15, 0.2) is 0 Å². The Morgan fingerprint density at radius 1 is 1.56 bits per heavy atom. The Hall–Kier alpha value is -1.48. The van der Waals surface area contributed by atoms with Crippen molar-refractivity contribution in [3.63, 3.8) is 0 Å².